The first-order chi connectivity index (χ1) is 9.96. The second kappa shape index (κ2) is 5.84. The molecule has 2 N–H and O–H groups in total. The highest BCUT2D eigenvalue weighted by Crippen LogP contribution is 2.36. The van der Waals surface area contributed by atoms with E-state index in [9.17, 15) is 14.4 Å². The van der Waals surface area contributed by atoms with Crippen molar-refractivity contribution in [3.8, 4) is 11.5 Å². The van der Waals surface area contributed by atoms with Gasteiger partial charge in [-0.25, -0.2) is 4.79 Å². The van der Waals surface area contributed by atoms with Crippen molar-refractivity contribution in [2.45, 2.75) is 0 Å². The molecule has 21 heavy (non-hydrogen) atoms. The number of nitrogens with one attached hydrogen (secondary N) is 2. The number of hydrogen-bond donors (Lipinski definition) is 2. The van der Waals surface area contributed by atoms with E-state index in [-0.39, 0.29) is 10.6 Å². The van der Waals surface area contributed by atoms with Crippen LogP contribution in [0.2, 0.25) is 5.02 Å². The van der Waals surface area contributed by atoms with Gasteiger partial charge >= 0.3 is 6.03 Å². The fraction of sp³-hybridized carbons (Fsp3) is 0.154. The maximum atomic E-state index is 11.6. The quantitative estimate of drug-likeness (QED) is 0.644. The van der Waals surface area contributed by atoms with Gasteiger partial charge in [0.2, 0.25) is 0 Å². The molecule has 1 heterocycles. The van der Waals surface area contributed by atoms with Gasteiger partial charge in [-0.3, -0.25) is 20.2 Å². The molecule has 1 aromatic carbocycles. The standard InChI is InChI=1S/C13H11ClN2O5/c1-20-9-5-6(4-8(14)10(9)21-2)3-7-11(17)15-13(19)16-12(7)18/h3-5H,1-2H3,(H2,15,16,17,18,19). The summed E-state index contributed by atoms with van der Waals surface area (Å²) in [6.45, 7) is 0. The highest BCUT2D eigenvalue weighted by molar-refractivity contribution is 6.33. The average Bonchev–Trinajstić information content (AvgIpc) is 2.42. The summed E-state index contributed by atoms with van der Waals surface area (Å²) in [6, 6.07) is 2.20. The van der Waals surface area contributed by atoms with Crippen LogP contribution in [0.25, 0.3) is 6.08 Å². The third-order valence-corrected chi connectivity index (χ3v) is 2.99. The minimum absolute atomic E-state index is 0.210. The third-order valence-electron chi connectivity index (χ3n) is 2.71. The van der Waals surface area contributed by atoms with Gasteiger partial charge in [-0.1, -0.05) is 11.6 Å². The molecule has 1 aliphatic heterocycles. The zero-order valence-corrected chi connectivity index (χ0v) is 11.9. The van der Waals surface area contributed by atoms with E-state index < -0.39 is 17.8 Å². The lowest BCUT2D eigenvalue weighted by Gasteiger charge is -2.14. The topological polar surface area (TPSA) is 93.7 Å². The summed E-state index contributed by atoms with van der Waals surface area (Å²) in [5.41, 5.74) is 0.241. The van der Waals surface area contributed by atoms with Gasteiger partial charge in [0.15, 0.2) is 11.5 Å². The number of hydrogen-bond acceptors (Lipinski definition) is 5. The molecule has 110 valence electrons. The largest absolute Gasteiger partial charge is 0.493 e. The van der Waals surface area contributed by atoms with Crippen molar-refractivity contribution in [1.82, 2.24) is 10.6 Å². The number of carbonyl (C=O) groups excluding carboxylic acids is 3. The highest BCUT2D eigenvalue weighted by atomic mass is 35.5. The van der Waals surface area contributed by atoms with Gasteiger partial charge < -0.3 is 9.47 Å². The molecule has 4 amide bonds. The Bertz CT molecular complexity index is 647. The summed E-state index contributed by atoms with van der Waals surface area (Å²) < 4.78 is 10.2. The molecular formula is C13H11ClN2O5. The van der Waals surface area contributed by atoms with Gasteiger partial charge in [0.25, 0.3) is 11.8 Å². The van der Waals surface area contributed by atoms with E-state index >= 15 is 0 Å². The van der Waals surface area contributed by atoms with Crippen molar-refractivity contribution in [3.63, 3.8) is 0 Å². The van der Waals surface area contributed by atoms with Crippen molar-refractivity contribution in [2.24, 2.45) is 0 Å². The van der Waals surface area contributed by atoms with Gasteiger partial charge in [0.05, 0.1) is 19.2 Å². The van der Waals surface area contributed by atoms with Gasteiger partial charge in [0, 0.05) is 0 Å². The molecule has 1 fully saturated rings. The number of carbonyl (C=O) groups is 3. The number of barbiturate groups is 1. The number of rotatable bonds is 3. The van der Waals surface area contributed by atoms with Crippen molar-refractivity contribution in [3.05, 3.63) is 28.3 Å². The Morgan fingerprint density at radius 3 is 2.19 bits per heavy atom. The summed E-state index contributed by atoms with van der Waals surface area (Å²) in [4.78, 5) is 34.2. The molecule has 0 radical (unpaired) electrons. The minimum Gasteiger partial charge on any atom is -0.493 e. The van der Waals surface area contributed by atoms with E-state index in [1.165, 1.54) is 26.4 Å². The zero-order chi connectivity index (χ0) is 15.6. The predicted octanol–water partition coefficient (Wildman–Crippen LogP) is 1.11. The molecule has 7 nitrogen and oxygen atoms in total. The van der Waals surface area contributed by atoms with Crippen LogP contribution in [0.15, 0.2) is 17.7 Å². The Morgan fingerprint density at radius 1 is 1.05 bits per heavy atom. The number of imide groups is 2. The smallest absolute Gasteiger partial charge is 0.328 e. The Morgan fingerprint density at radius 2 is 1.67 bits per heavy atom. The van der Waals surface area contributed by atoms with Crippen molar-refractivity contribution < 1.29 is 23.9 Å². The van der Waals surface area contributed by atoms with E-state index in [2.05, 4.69) is 0 Å². The Labute approximate surface area is 124 Å². The van der Waals surface area contributed by atoms with E-state index in [0.717, 1.165) is 0 Å². The van der Waals surface area contributed by atoms with Crippen LogP contribution < -0.4 is 20.1 Å². The summed E-state index contributed by atoms with van der Waals surface area (Å²) in [6.07, 6.45) is 1.30. The molecule has 0 atom stereocenters. The van der Waals surface area contributed by atoms with Gasteiger partial charge in [-0.15, -0.1) is 0 Å². The second-order valence-corrected chi connectivity index (χ2v) is 4.44. The maximum Gasteiger partial charge on any atom is 0.328 e. The Balaban J connectivity index is 2.45. The summed E-state index contributed by atoms with van der Waals surface area (Å²) >= 11 is 6.04. The molecule has 0 saturated carbocycles. The van der Waals surface area contributed by atoms with E-state index in [0.29, 0.717) is 17.1 Å². The number of halogens is 1. The van der Waals surface area contributed by atoms with E-state index in [4.69, 9.17) is 21.1 Å². The molecule has 0 unspecified atom stereocenters. The molecule has 0 bridgehead atoms. The highest BCUT2D eigenvalue weighted by Gasteiger charge is 2.27. The van der Waals surface area contributed by atoms with Gasteiger partial charge in [-0.2, -0.15) is 0 Å². The zero-order valence-electron chi connectivity index (χ0n) is 11.2. The summed E-state index contributed by atoms with van der Waals surface area (Å²) in [7, 11) is 2.87. The molecule has 0 spiro atoms. The molecule has 1 saturated heterocycles. The van der Waals surface area contributed by atoms with Gasteiger partial charge in [0.1, 0.15) is 5.57 Å². The normalized spacial score (nSPS) is 14.4. The average molecular weight is 311 g/mol. The van der Waals surface area contributed by atoms with Crippen LogP contribution in [0.5, 0.6) is 11.5 Å². The molecule has 0 aliphatic carbocycles. The lowest BCUT2D eigenvalue weighted by molar-refractivity contribution is -0.123. The number of methoxy groups -OCH3 is 2. The number of amides is 4. The van der Waals surface area contributed by atoms with Crippen molar-refractivity contribution >= 4 is 35.5 Å². The summed E-state index contributed by atoms with van der Waals surface area (Å²) in [5, 5.41) is 4.22. The monoisotopic (exact) mass is 310 g/mol. The number of benzene rings is 1. The second-order valence-electron chi connectivity index (χ2n) is 4.03. The van der Waals surface area contributed by atoms with Crippen LogP contribution in [-0.2, 0) is 9.59 Å². The molecule has 8 heteroatoms. The number of urea groups is 1. The van der Waals surface area contributed by atoms with Gasteiger partial charge in [-0.05, 0) is 23.8 Å². The van der Waals surface area contributed by atoms with E-state index in [1.54, 1.807) is 6.07 Å². The SMILES string of the molecule is COc1cc(C=C2C(=O)NC(=O)NC2=O)cc(Cl)c1OC. The Kier molecular flexibility index (Phi) is 4.13. The van der Waals surface area contributed by atoms with Crippen molar-refractivity contribution in [2.75, 3.05) is 14.2 Å². The third kappa shape index (κ3) is 2.97. The molecular weight excluding hydrogens is 300 g/mol. The maximum absolute atomic E-state index is 11.6. The van der Waals surface area contributed by atoms with Crippen molar-refractivity contribution in [1.29, 1.82) is 0 Å². The van der Waals surface area contributed by atoms with Crippen LogP contribution in [0.4, 0.5) is 4.79 Å². The molecule has 0 aromatic heterocycles. The fourth-order valence-corrected chi connectivity index (χ4v) is 2.09. The summed E-state index contributed by atoms with van der Waals surface area (Å²) in [5.74, 6) is -0.872. The molecule has 1 aliphatic rings. The fourth-order valence-electron chi connectivity index (χ4n) is 1.79. The van der Waals surface area contributed by atoms with Crippen LogP contribution in [0.3, 0.4) is 0 Å². The molecule has 1 aromatic rings. The van der Waals surface area contributed by atoms with Crippen LogP contribution in [-0.4, -0.2) is 32.1 Å². The lowest BCUT2D eigenvalue weighted by atomic mass is 10.1. The first-order valence-corrected chi connectivity index (χ1v) is 6.14. The van der Waals surface area contributed by atoms with E-state index in [1.807, 2.05) is 10.6 Å². The first-order valence-electron chi connectivity index (χ1n) is 5.76. The van der Waals surface area contributed by atoms with Crippen LogP contribution >= 0.6 is 11.6 Å². The predicted molar refractivity (Wildman–Crippen MR) is 74.2 cm³/mol. The minimum atomic E-state index is -0.854. The lowest BCUT2D eigenvalue weighted by Crippen LogP contribution is -2.51. The first kappa shape index (κ1) is 14.9. The van der Waals surface area contributed by atoms with Crippen LogP contribution in [0.1, 0.15) is 5.56 Å². The van der Waals surface area contributed by atoms with Crippen LogP contribution in [0, 0.1) is 0 Å². The molecule has 2 rings (SSSR count). The Hall–Kier alpha value is -2.54. The number of ether oxygens (including phenoxy) is 2.